The normalized spacial score (nSPS) is 13.8. The molecule has 2 unspecified atom stereocenters. The van der Waals surface area contributed by atoms with Gasteiger partial charge in [-0.2, -0.15) is 0 Å². The van der Waals surface area contributed by atoms with Crippen LogP contribution in [0, 0.1) is 0 Å². The summed E-state index contributed by atoms with van der Waals surface area (Å²) in [5.41, 5.74) is 0. The molecule has 0 aromatic carbocycles. The molecule has 0 radical (unpaired) electrons. The molecule has 17 heavy (non-hydrogen) atoms. The summed E-state index contributed by atoms with van der Waals surface area (Å²) in [5.74, 6) is -0.505. The molecule has 94 valence electrons. The van der Waals surface area contributed by atoms with E-state index in [1.807, 2.05) is 0 Å². The Hall–Kier alpha value is -2.12. The summed E-state index contributed by atoms with van der Waals surface area (Å²) in [5, 5.41) is 21.0. The Balaban J connectivity index is 2.52. The number of aryl methyl sites for hydroxylation is 1. The van der Waals surface area contributed by atoms with Gasteiger partial charge in [-0.1, -0.05) is 0 Å². The van der Waals surface area contributed by atoms with Crippen molar-refractivity contribution in [3.8, 4) is 0 Å². The number of hydrogen-bond donors (Lipinski definition) is 3. The number of carboxylic acids is 1. The second-order valence-corrected chi connectivity index (χ2v) is 3.70. The fourth-order valence-corrected chi connectivity index (χ4v) is 1.25. The standard InChI is InChI=1S/C9H15N5O3/c1-5(7-13-10-4-14(7)3)11-9(17)12-6(2)8(15)16/h4-6H,1-3H3,(H,15,16)(H2,11,12,17). The fourth-order valence-electron chi connectivity index (χ4n) is 1.25. The summed E-state index contributed by atoms with van der Waals surface area (Å²) >= 11 is 0. The van der Waals surface area contributed by atoms with Gasteiger partial charge in [0, 0.05) is 7.05 Å². The van der Waals surface area contributed by atoms with Crippen LogP contribution < -0.4 is 10.6 Å². The maximum Gasteiger partial charge on any atom is 0.325 e. The van der Waals surface area contributed by atoms with Crippen molar-refractivity contribution in [1.29, 1.82) is 0 Å². The van der Waals surface area contributed by atoms with E-state index in [-0.39, 0.29) is 6.04 Å². The maximum atomic E-state index is 11.4. The van der Waals surface area contributed by atoms with E-state index < -0.39 is 18.0 Å². The quantitative estimate of drug-likeness (QED) is 0.667. The predicted molar refractivity (Wildman–Crippen MR) is 58.2 cm³/mol. The molecule has 1 heterocycles. The number of carbonyl (C=O) groups excluding carboxylic acids is 1. The van der Waals surface area contributed by atoms with Gasteiger partial charge >= 0.3 is 12.0 Å². The summed E-state index contributed by atoms with van der Waals surface area (Å²) in [6.45, 7) is 3.12. The number of carboxylic acid groups (broad SMARTS) is 1. The predicted octanol–water partition coefficient (Wildman–Crippen LogP) is -0.352. The van der Waals surface area contributed by atoms with Crippen LogP contribution >= 0.6 is 0 Å². The highest BCUT2D eigenvalue weighted by molar-refractivity contribution is 5.82. The Morgan fingerprint density at radius 2 is 2.06 bits per heavy atom. The zero-order chi connectivity index (χ0) is 13.0. The fraction of sp³-hybridized carbons (Fsp3) is 0.556. The van der Waals surface area contributed by atoms with Gasteiger partial charge in [0.1, 0.15) is 12.4 Å². The summed E-state index contributed by atoms with van der Waals surface area (Å²) in [7, 11) is 1.76. The average Bonchev–Trinajstić information content (AvgIpc) is 2.63. The third-order valence-corrected chi connectivity index (χ3v) is 2.20. The van der Waals surface area contributed by atoms with Crippen molar-refractivity contribution < 1.29 is 14.7 Å². The van der Waals surface area contributed by atoms with Crippen LogP contribution in [-0.4, -0.2) is 37.9 Å². The largest absolute Gasteiger partial charge is 0.480 e. The monoisotopic (exact) mass is 241 g/mol. The molecule has 3 N–H and O–H groups in total. The Bertz CT molecular complexity index is 417. The Morgan fingerprint density at radius 1 is 1.41 bits per heavy atom. The lowest BCUT2D eigenvalue weighted by molar-refractivity contribution is -0.138. The van der Waals surface area contributed by atoms with Crippen LogP contribution in [-0.2, 0) is 11.8 Å². The zero-order valence-corrected chi connectivity index (χ0v) is 9.84. The minimum atomic E-state index is -1.09. The number of aromatic nitrogens is 3. The maximum absolute atomic E-state index is 11.4. The molecule has 0 saturated heterocycles. The Morgan fingerprint density at radius 3 is 2.53 bits per heavy atom. The molecule has 2 amide bonds. The molecular weight excluding hydrogens is 226 g/mol. The third-order valence-electron chi connectivity index (χ3n) is 2.20. The first-order valence-electron chi connectivity index (χ1n) is 5.05. The highest BCUT2D eigenvalue weighted by Gasteiger charge is 2.17. The SMILES string of the molecule is CC(NC(=O)NC(C)c1nncn1C)C(=O)O. The van der Waals surface area contributed by atoms with E-state index in [0.717, 1.165) is 0 Å². The molecule has 1 aromatic heterocycles. The molecule has 0 aliphatic heterocycles. The zero-order valence-electron chi connectivity index (χ0n) is 9.84. The van der Waals surface area contributed by atoms with Gasteiger partial charge in [-0.3, -0.25) is 4.79 Å². The van der Waals surface area contributed by atoms with Crippen molar-refractivity contribution in [2.45, 2.75) is 25.9 Å². The number of nitrogens with zero attached hydrogens (tertiary/aromatic N) is 3. The van der Waals surface area contributed by atoms with Gasteiger partial charge < -0.3 is 20.3 Å². The summed E-state index contributed by atoms with van der Waals surface area (Å²) in [4.78, 5) is 22.0. The van der Waals surface area contributed by atoms with Crippen LogP contribution in [0.3, 0.4) is 0 Å². The first-order valence-corrected chi connectivity index (χ1v) is 5.05. The summed E-state index contributed by atoms with van der Waals surface area (Å²) in [6.07, 6.45) is 1.52. The lowest BCUT2D eigenvalue weighted by atomic mass is 10.3. The molecular formula is C9H15N5O3. The van der Waals surface area contributed by atoms with Crippen molar-refractivity contribution in [3.63, 3.8) is 0 Å². The van der Waals surface area contributed by atoms with Gasteiger partial charge in [-0.25, -0.2) is 4.79 Å². The average molecular weight is 241 g/mol. The lowest BCUT2D eigenvalue weighted by Crippen LogP contribution is -2.45. The second kappa shape index (κ2) is 5.28. The summed E-state index contributed by atoms with van der Waals surface area (Å²) in [6, 6.07) is -1.86. The molecule has 0 spiro atoms. The van der Waals surface area contributed by atoms with E-state index in [1.54, 1.807) is 18.5 Å². The van der Waals surface area contributed by atoms with E-state index in [1.165, 1.54) is 13.3 Å². The third kappa shape index (κ3) is 3.44. The Labute approximate surface area is 98.0 Å². The van der Waals surface area contributed by atoms with Crippen molar-refractivity contribution in [3.05, 3.63) is 12.2 Å². The molecule has 0 aliphatic carbocycles. The number of urea groups is 1. The topological polar surface area (TPSA) is 109 Å². The van der Waals surface area contributed by atoms with Crippen molar-refractivity contribution in [2.24, 2.45) is 7.05 Å². The number of aliphatic carboxylic acids is 1. The molecule has 0 bridgehead atoms. The first kappa shape index (κ1) is 12.9. The highest BCUT2D eigenvalue weighted by Crippen LogP contribution is 2.06. The van der Waals surface area contributed by atoms with Gasteiger partial charge in [-0.05, 0) is 13.8 Å². The van der Waals surface area contributed by atoms with E-state index in [0.29, 0.717) is 5.82 Å². The van der Waals surface area contributed by atoms with E-state index in [9.17, 15) is 9.59 Å². The number of amides is 2. The molecule has 2 atom stereocenters. The number of hydrogen-bond acceptors (Lipinski definition) is 4. The number of carbonyl (C=O) groups is 2. The van der Waals surface area contributed by atoms with Gasteiger partial charge in [0.15, 0.2) is 5.82 Å². The van der Waals surface area contributed by atoms with Gasteiger partial charge in [0.05, 0.1) is 6.04 Å². The van der Waals surface area contributed by atoms with Gasteiger partial charge in [0.25, 0.3) is 0 Å². The van der Waals surface area contributed by atoms with Crippen LogP contribution in [0.1, 0.15) is 25.7 Å². The van der Waals surface area contributed by atoms with E-state index >= 15 is 0 Å². The second-order valence-electron chi connectivity index (χ2n) is 3.70. The van der Waals surface area contributed by atoms with Crippen molar-refractivity contribution in [2.75, 3.05) is 0 Å². The van der Waals surface area contributed by atoms with Crippen LogP contribution in [0.5, 0.6) is 0 Å². The first-order chi connectivity index (χ1) is 7.91. The van der Waals surface area contributed by atoms with Crippen LogP contribution in [0.4, 0.5) is 4.79 Å². The van der Waals surface area contributed by atoms with E-state index in [2.05, 4.69) is 20.8 Å². The van der Waals surface area contributed by atoms with Crippen molar-refractivity contribution in [1.82, 2.24) is 25.4 Å². The smallest absolute Gasteiger partial charge is 0.325 e. The molecule has 8 nitrogen and oxygen atoms in total. The van der Waals surface area contributed by atoms with Crippen molar-refractivity contribution >= 4 is 12.0 Å². The molecule has 8 heteroatoms. The highest BCUT2D eigenvalue weighted by atomic mass is 16.4. The van der Waals surface area contributed by atoms with E-state index in [4.69, 9.17) is 5.11 Å². The molecule has 0 aliphatic rings. The number of rotatable bonds is 4. The van der Waals surface area contributed by atoms with Gasteiger partial charge in [0.2, 0.25) is 0 Å². The van der Waals surface area contributed by atoms with Crippen LogP contribution in [0.15, 0.2) is 6.33 Å². The van der Waals surface area contributed by atoms with Gasteiger partial charge in [-0.15, -0.1) is 10.2 Å². The molecule has 1 rings (SSSR count). The molecule has 0 saturated carbocycles. The van der Waals surface area contributed by atoms with Crippen LogP contribution in [0.25, 0.3) is 0 Å². The van der Waals surface area contributed by atoms with Crippen LogP contribution in [0.2, 0.25) is 0 Å². The summed E-state index contributed by atoms with van der Waals surface area (Å²) < 4.78 is 1.67. The Kier molecular flexibility index (Phi) is 4.02. The minimum Gasteiger partial charge on any atom is -0.480 e. The minimum absolute atomic E-state index is 0.358. The molecule has 0 fully saturated rings. The number of nitrogens with one attached hydrogen (secondary N) is 2. The lowest BCUT2D eigenvalue weighted by Gasteiger charge is -2.15. The molecule has 1 aromatic rings.